The highest BCUT2D eigenvalue weighted by atomic mass is 16.5. The van der Waals surface area contributed by atoms with Crippen molar-refractivity contribution in [3.05, 3.63) is 65.2 Å². The number of pyridine rings is 1. The van der Waals surface area contributed by atoms with Crippen molar-refractivity contribution in [2.45, 2.75) is 6.54 Å². The van der Waals surface area contributed by atoms with Crippen LogP contribution in [0.1, 0.15) is 0 Å². The largest absolute Gasteiger partial charge is 0.484 e. The highest BCUT2D eigenvalue weighted by Crippen LogP contribution is 2.10. The van der Waals surface area contributed by atoms with E-state index in [1.165, 1.54) is 9.25 Å². The summed E-state index contributed by atoms with van der Waals surface area (Å²) in [6, 6.07) is 14.5. The number of amides is 1. The molecule has 3 rings (SSSR count). The summed E-state index contributed by atoms with van der Waals surface area (Å²) >= 11 is 0. The fraction of sp³-hybridized carbons (Fsp3) is 0.222. The number of hydrogen-bond donors (Lipinski definition) is 1. The molecule has 0 unspecified atom stereocenters. The van der Waals surface area contributed by atoms with Crippen LogP contribution < -0.4 is 15.7 Å². The van der Waals surface area contributed by atoms with Gasteiger partial charge in [0.05, 0.1) is 6.54 Å². The zero-order chi connectivity index (χ0) is 18.4. The van der Waals surface area contributed by atoms with Crippen molar-refractivity contribution >= 4 is 5.91 Å². The van der Waals surface area contributed by atoms with E-state index in [0.717, 1.165) is 0 Å². The van der Waals surface area contributed by atoms with Gasteiger partial charge >= 0.3 is 5.69 Å². The molecular weight excluding hydrogens is 334 g/mol. The number of hydrogen-bond acceptors (Lipinski definition) is 5. The maximum absolute atomic E-state index is 12.2. The Morgan fingerprint density at radius 1 is 1.15 bits per heavy atom. The number of carbonyl (C=O) groups is 1. The minimum atomic E-state index is -0.263. The predicted molar refractivity (Wildman–Crippen MR) is 95.6 cm³/mol. The van der Waals surface area contributed by atoms with Gasteiger partial charge in [-0.25, -0.2) is 9.48 Å². The van der Waals surface area contributed by atoms with Gasteiger partial charge in [-0.1, -0.05) is 24.3 Å². The standard InChI is InChI=1S/C18H19N5O3/c1-22-17(15-9-5-6-10-19-15)21-23(18(22)25)12-11-20-16(24)13-26-14-7-3-2-4-8-14/h2-10H,11-13H2,1H3,(H,20,24). The molecule has 2 heterocycles. The molecular formula is C18H19N5O3. The van der Waals surface area contributed by atoms with Crippen LogP contribution in [0.3, 0.4) is 0 Å². The molecule has 26 heavy (non-hydrogen) atoms. The van der Waals surface area contributed by atoms with Gasteiger partial charge in [0.2, 0.25) is 0 Å². The molecule has 0 saturated heterocycles. The van der Waals surface area contributed by atoms with Gasteiger partial charge in [-0.15, -0.1) is 5.10 Å². The van der Waals surface area contributed by atoms with Gasteiger partial charge in [0.25, 0.3) is 5.91 Å². The Bertz CT molecular complexity index is 919. The summed E-state index contributed by atoms with van der Waals surface area (Å²) in [5.74, 6) is 0.848. The molecule has 0 atom stereocenters. The zero-order valence-corrected chi connectivity index (χ0v) is 14.3. The Labute approximate surface area is 150 Å². The average Bonchev–Trinajstić information content (AvgIpc) is 2.96. The molecule has 134 valence electrons. The molecule has 8 nitrogen and oxygen atoms in total. The normalized spacial score (nSPS) is 10.5. The smallest absolute Gasteiger partial charge is 0.346 e. The summed E-state index contributed by atoms with van der Waals surface area (Å²) < 4.78 is 8.11. The van der Waals surface area contributed by atoms with Crippen LogP contribution in [0.15, 0.2) is 59.5 Å². The number of nitrogens with zero attached hydrogens (tertiary/aromatic N) is 4. The SMILES string of the molecule is Cn1c(-c2ccccn2)nn(CCNC(=O)COc2ccccc2)c1=O. The van der Waals surface area contributed by atoms with Crippen molar-refractivity contribution in [2.75, 3.05) is 13.2 Å². The second-order valence-corrected chi connectivity index (χ2v) is 5.55. The van der Waals surface area contributed by atoms with Gasteiger partial charge in [0, 0.05) is 19.8 Å². The van der Waals surface area contributed by atoms with Gasteiger partial charge in [-0.2, -0.15) is 0 Å². The van der Waals surface area contributed by atoms with E-state index in [2.05, 4.69) is 15.4 Å². The lowest BCUT2D eigenvalue weighted by molar-refractivity contribution is -0.123. The third kappa shape index (κ3) is 4.15. The van der Waals surface area contributed by atoms with Crippen LogP contribution in [-0.2, 0) is 18.4 Å². The monoisotopic (exact) mass is 353 g/mol. The summed E-state index contributed by atoms with van der Waals surface area (Å²) in [5, 5.41) is 7.00. The van der Waals surface area contributed by atoms with Crippen LogP contribution in [0.5, 0.6) is 5.75 Å². The molecule has 3 aromatic rings. The number of carbonyl (C=O) groups excluding carboxylic acids is 1. The number of nitrogens with one attached hydrogen (secondary N) is 1. The lowest BCUT2D eigenvalue weighted by Gasteiger charge is -2.07. The first-order valence-corrected chi connectivity index (χ1v) is 8.15. The molecule has 0 aliphatic rings. The van der Waals surface area contributed by atoms with Crippen molar-refractivity contribution in [3.8, 4) is 17.3 Å². The Hall–Kier alpha value is -3.42. The second kappa shape index (κ2) is 8.11. The quantitative estimate of drug-likeness (QED) is 0.680. The first-order chi connectivity index (χ1) is 12.6. The molecule has 0 spiro atoms. The molecule has 0 aliphatic heterocycles. The molecule has 8 heteroatoms. The molecule has 0 aliphatic carbocycles. The minimum Gasteiger partial charge on any atom is -0.484 e. The van der Waals surface area contributed by atoms with Gasteiger partial charge in [0.15, 0.2) is 12.4 Å². The molecule has 0 fully saturated rings. The van der Waals surface area contributed by atoms with E-state index in [1.54, 1.807) is 37.5 Å². The summed E-state index contributed by atoms with van der Waals surface area (Å²) in [6.07, 6.45) is 1.64. The molecule has 0 saturated carbocycles. The topological polar surface area (TPSA) is 91.0 Å². The Morgan fingerprint density at radius 3 is 2.65 bits per heavy atom. The predicted octanol–water partition coefficient (Wildman–Crippen LogP) is 0.839. The summed E-state index contributed by atoms with van der Waals surface area (Å²) in [5.41, 5.74) is 0.353. The number of ether oxygens (including phenoxy) is 1. The first-order valence-electron chi connectivity index (χ1n) is 8.15. The number of rotatable bonds is 7. The van der Waals surface area contributed by atoms with Crippen LogP contribution in [-0.4, -0.2) is 38.4 Å². The van der Waals surface area contributed by atoms with E-state index in [9.17, 15) is 9.59 Å². The molecule has 2 aromatic heterocycles. The third-order valence-electron chi connectivity index (χ3n) is 3.69. The van der Waals surface area contributed by atoms with Gasteiger partial charge in [0.1, 0.15) is 11.4 Å². The highest BCUT2D eigenvalue weighted by Gasteiger charge is 2.13. The Morgan fingerprint density at radius 2 is 1.92 bits per heavy atom. The van der Waals surface area contributed by atoms with Crippen molar-refractivity contribution < 1.29 is 9.53 Å². The first kappa shape index (κ1) is 17.4. The van der Waals surface area contributed by atoms with E-state index < -0.39 is 0 Å². The lowest BCUT2D eigenvalue weighted by Crippen LogP contribution is -2.34. The van der Waals surface area contributed by atoms with Gasteiger partial charge in [-0.05, 0) is 24.3 Å². The molecule has 1 N–H and O–H groups in total. The molecule has 0 bridgehead atoms. The highest BCUT2D eigenvalue weighted by molar-refractivity contribution is 5.77. The van der Waals surface area contributed by atoms with Crippen LogP contribution in [0.25, 0.3) is 11.5 Å². The van der Waals surface area contributed by atoms with Gasteiger partial charge in [-0.3, -0.25) is 14.3 Å². The van der Waals surface area contributed by atoms with Crippen molar-refractivity contribution in [2.24, 2.45) is 7.05 Å². The Kier molecular flexibility index (Phi) is 5.43. The van der Waals surface area contributed by atoms with E-state index in [4.69, 9.17) is 4.74 Å². The van der Waals surface area contributed by atoms with Crippen LogP contribution in [0, 0.1) is 0 Å². The van der Waals surface area contributed by atoms with Crippen LogP contribution >= 0.6 is 0 Å². The third-order valence-corrected chi connectivity index (χ3v) is 3.69. The van der Waals surface area contributed by atoms with E-state index in [-0.39, 0.29) is 31.3 Å². The van der Waals surface area contributed by atoms with Crippen molar-refractivity contribution in [1.82, 2.24) is 24.6 Å². The van der Waals surface area contributed by atoms with E-state index in [0.29, 0.717) is 17.3 Å². The Balaban J connectivity index is 1.54. The summed E-state index contributed by atoms with van der Waals surface area (Å²) in [4.78, 5) is 28.3. The fourth-order valence-corrected chi connectivity index (χ4v) is 2.37. The fourth-order valence-electron chi connectivity index (χ4n) is 2.37. The average molecular weight is 353 g/mol. The second-order valence-electron chi connectivity index (χ2n) is 5.55. The number of para-hydroxylation sites is 1. The summed E-state index contributed by atoms with van der Waals surface area (Å²) in [6.45, 7) is 0.451. The summed E-state index contributed by atoms with van der Waals surface area (Å²) in [7, 11) is 1.64. The van der Waals surface area contributed by atoms with Crippen LogP contribution in [0.4, 0.5) is 0 Å². The maximum Gasteiger partial charge on any atom is 0.346 e. The zero-order valence-electron chi connectivity index (χ0n) is 14.3. The van der Waals surface area contributed by atoms with Crippen LogP contribution in [0.2, 0.25) is 0 Å². The lowest BCUT2D eigenvalue weighted by atomic mass is 10.3. The van der Waals surface area contributed by atoms with E-state index >= 15 is 0 Å². The van der Waals surface area contributed by atoms with E-state index in [1.807, 2.05) is 24.3 Å². The molecule has 0 radical (unpaired) electrons. The van der Waals surface area contributed by atoms with Crippen molar-refractivity contribution in [3.63, 3.8) is 0 Å². The minimum absolute atomic E-state index is 0.0830. The molecule has 1 amide bonds. The van der Waals surface area contributed by atoms with Gasteiger partial charge < -0.3 is 10.1 Å². The van der Waals surface area contributed by atoms with Crippen molar-refractivity contribution in [1.29, 1.82) is 0 Å². The maximum atomic E-state index is 12.2. The molecule has 1 aromatic carbocycles. The number of aromatic nitrogens is 4. The number of benzene rings is 1.